The molecule has 1 atom stereocenters. The van der Waals surface area contributed by atoms with E-state index in [0.29, 0.717) is 5.96 Å². The summed E-state index contributed by atoms with van der Waals surface area (Å²) in [6, 6.07) is 0. The van der Waals surface area contributed by atoms with Crippen LogP contribution >= 0.6 is 0 Å². The molecule has 76 valence electrons. The van der Waals surface area contributed by atoms with Gasteiger partial charge in [-0.3, -0.25) is 9.79 Å². The maximum Gasteiger partial charge on any atom is 0.220 e. The van der Waals surface area contributed by atoms with Crippen molar-refractivity contribution in [3.8, 4) is 0 Å². The third kappa shape index (κ3) is 3.78. The number of guanidine groups is 1. The Kier molecular flexibility index (Phi) is 4.87. The molecule has 0 radical (unpaired) electrons. The molecule has 0 saturated carbocycles. The Balaban J connectivity index is 4.13. The second-order valence-corrected chi connectivity index (χ2v) is 2.77. The summed E-state index contributed by atoms with van der Waals surface area (Å²) in [4.78, 5) is 16.5. The maximum atomic E-state index is 11.0. The van der Waals surface area contributed by atoms with E-state index in [9.17, 15) is 4.79 Å². The van der Waals surface area contributed by atoms with E-state index in [0.717, 1.165) is 0 Å². The minimum absolute atomic E-state index is 0.0200. The lowest BCUT2D eigenvalue weighted by Gasteiger charge is -2.25. The lowest BCUT2D eigenvalue weighted by Crippen LogP contribution is -2.49. The SMILES string of the molecule is CN=C(NC)NC(C)N(C)C(C)=O. The summed E-state index contributed by atoms with van der Waals surface area (Å²) in [6.45, 7) is 3.42. The van der Waals surface area contributed by atoms with Crippen LogP contribution in [-0.2, 0) is 4.79 Å². The molecule has 0 bridgehead atoms. The Bertz CT molecular complexity index is 202. The van der Waals surface area contributed by atoms with Crippen LogP contribution in [0.1, 0.15) is 13.8 Å². The Morgan fingerprint density at radius 2 is 2.08 bits per heavy atom. The summed E-state index contributed by atoms with van der Waals surface area (Å²) >= 11 is 0. The van der Waals surface area contributed by atoms with Crippen LogP contribution in [0.15, 0.2) is 4.99 Å². The van der Waals surface area contributed by atoms with E-state index in [1.807, 2.05) is 6.92 Å². The average Bonchev–Trinajstić information content (AvgIpc) is 2.12. The zero-order valence-corrected chi connectivity index (χ0v) is 8.88. The van der Waals surface area contributed by atoms with Crippen molar-refractivity contribution in [2.24, 2.45) is 4.99 Å². The molecule has 0 aromatic rings. The molecular weight excluding hydrogens is 168 g/mol. The molecule has 1 amide bonds. The minimum Gasteiger partial charge on any atom is -0.359 e. The number of hydrogen-bond donors (Lipinski definition) is 2. The summed E-state index contributed by atoms with van der Waals surface area (Å²) in [5.74, 6) is 0.687. The first-order valence-electron chi connectivity index (χ1n) is 4.17. The number of amides is 1. The molecule has 5 heteroatoms. The van der Waals surface area contributed by atoms with E-state index in [1.165, 1.54) is 6.92 Å². The van der Waals surface area contributed by atoms with Gasteiger partial charge in [-0.1, -0.05) is 0 Å². The number of aliphatic imine (C=N–C) groups is 1. The zero-order valence-electron chi connectivity index (χ0n) is 8.88. The van der Waals surface area contributed by atoms with Gasteiger partial charge in [0.25, 0.3) is 0 Å². The van der Waals surface area contributed by atoms with E-state index in [-0.39, 0.29) is 12.1 Å². The number of nitrogens with zero attached hydrogens (tertiary/aromatic N) is 2. The first-order valence-corrected chi connectivity index (χ1v) is 4.17. The van der Waals surface area contributed by atoms with Crippen LogP contribution in [0.3, 0.4) is 0 Å². The molecular formula is C8H18N4O. The topological polar surface area (TPSA) is 56.7 Å². The molecule has 0 aromatic heterocycles. The van der Waals surface area contributed by atoms with Crippen molar-refractivity contribution in [2.75, 3.05) is 21.1 Å². The normalized spacial score (nSPS) is 13.5. The molecule has 0 aromatic carbocycles. The Morgan fingerprint density at radius 1 is 1.54 bits per heavy atom. The fourth-order valence-electron chi connectivity index (χ4n) is 0.816. The lowest BCUT2D eigenvalue weighted by atomic mass is 10.4. The third-order valence-corrected chi connectivity index (χ3v) is 1.88. The van der Waals surface area contributed by atoms with Crippen LogP contribution in [0.25, 0.3) is 0 Å². The van der Waals surface area contributed by atoms with Crippen LogP contribution in [0.2, 0.25) is 0 Å². The fourth-order valence-corrected chi connectivity index (χ4v) is 0.816. The van der Waals surface area contributed by atoms with Gasteiger partial charge in [-0.2, -0.15) is 0 Å². The molecule has 13 heavy (non-hydrogen) atoms. The monoisotopic (exact) mass is 186 g/mol. The quantitative estimate of drug-likeness (QED) is 0.351. The molecule has 0 aliphatic heterocycles. The third-order valence-electron chi connectivity index (χ3n) is 1.88. The van der Waals surface area contributed by atoms with Gasteiger partial charge in [-0.25, -0.2) is 0 Å². The smallest absolute Gasteiger partial charge is 0.220 e. The molecule has 0 heterocycles. The largest absolute Gasteiger partial charge is 0.359 e. The highest BCUT2D eigenvalue weighted by molar-refractivity contribution is 5.80. The Labute approximate surface area is 79.2 Å². The second kappa shape index (κ2) is 5.40. The van der Waals surface area contributed by atoms with Gasteiger partial charge in [0, 0.05) is 28.1 Å². The molecule has 5 nitrogen and oxygen atoms in total. The number of hydrogen-bond acceptors (Lipinski definition) is 2. The lowest BCUT2D eigenvalue weighted by molar-refractivity contribution is -0.129. The molecule has 1 unspecified atom stereocenters. The highest BCUT2D eigenvalue weighted by Gasteiger charge is 2.11. The Hall–Kier alpha value is -1.26. The van der Waals surface area contributed by atoms with E-state index >= 15 is 0 Å². The van der Waals surface area contributed by atoms with Crippen molar-refractivity contribution in [1.29, 1.82) is 0 Å². The number of carbonyl (C=O) groups excluding carboxylic acids is 1. The first kappa shape index (κ1) is 11.7. The summed E-state index contributed by atoms with van der Waals surface area (Å²) in [5, 5.41) is 5.92. The highest BCUT2D eigenvalue weighted by atomic mass is 16.2. The second-order valence-electron chi connectivity index (χ2n) is 2.77. The van der Waals surface area contributed by atoms with E-state index in [1.54, 1.807) is 26.0 Å². The van der Waals surface area contributed by atoms with Crippen molar-refractivity contribution in [3.05, 3.63) is 0 Å². The predicted octanol–water partition coefficient (Wildman–Crippen LogP) is -0.394. The van der Waals surface area contributed by atoms with Crippen molar-refractivity contribution >= 4 is 11.9 Å². The summed E-state index contributed by atoms with van der Waals surface area (Å²) < 4.78 is 0. The van der Waals surface area contributed by atoms with Crippen LogP contribution < -0.4 is 10.6 Å². The van der Waals surface area contributed by atoms with Gasteiger partial charge in [0.15, 0.2) is 5.96 Å². The van der Waals surface area contributed by atoms with Gasteiger partial charge < -0.3 is 15.5 Å². The zero-order chi connectivity index (χ0) is 10.4. The van der Waals surface area contributed by atoms with Gasteiger partial charge in [0.1, 0.15) is 6.17 Å². The van der Waals surface area contributed by atoms with Gasteiger partial charge in [-0.05, 0) is 6.92 Å². The Morgan fingerprint density at radius 3 is 2.38 bits per heavy atom. The molecule has 2 N–H and O–H groups in total. The molecule has 0 saturated heterocycles. The van der Waals surface area contributed by atoms with E-state index in [2.05, 4.69) is 15.6 Å². The standard InChI is InChI=1S/C8H18N4O/c1-6(12(5)7(2)13)11-8(9-3)10-4/h6H,1-5H3,(H2,9,10,11). The van der Waals surface area contributed by atoms with Crippen molar-refractivity contribution in [3.63, 3.8) is 0 Å². The molecule has 0 aliphatic carbocycles. The highest BCUT2D eigenvalue weighted by Crippen LogP contribution is 1.91. The van der Waals surface area contributed by atoms with Crippen LogP contribution in [0.4, 0.5) is 0 Å². The molecule has 0 rings (SSSR count). The van der Waals surface area contributed by atoms with Crippen LogP contribution in [0.5, 0.6) is 0 Å². The first-order chi connectivity index (χ1) is 6.02. The van der Waals surface area contributed by atoms with Gasteiger partial charge >= 0.3 is 0 Å². The van der Waals surface area contributed by atoms with Crippen LogP contribution in [-0.4, -0.2) is 44.1 Å². The maximum absolute atomic E-state index is 11.0. The summed E-state index contributed by atoms with van der Waals surface area (Å²) in [5.41, 5.74) is 0. The van der Waals surface area contributed by atoms with Gasteiger partial charge in [0.2, 0.25) is 5.91 Å². The van der Waals surface area contributed by atoms with Crippen molar-refractivity contribution in [1.82, 2.24) is 15.5 Å². The summed E-state index contributed by atoms with van der Waals surface area (Å²) in [6.07, 6.45) is -0.0661. The predicted molar refractivity (Wildman–Crippen MR) is 53.5 cm³/mol. The van der Waals surface area contributed by atoms with Crippen molar-refractivity contribution in [2.45, 2.75) is 20.0 Å². The number of carbonyl (C=O) groups is 1. The molecule has 0 aliphatic rings. The summed E-state index contributed by atoms with van der Waals surface area (Å²) in [7, 11) is 5.19. The fraction of sp³-hybridized carbons (Fsp3) is 0.750. The number of rotatable bonds is 2. The average molecular weight is 186 g/mol. The van der Waals surface area contributed by atoms with Gasteiger partial charge in [0.05, 0.1) is 0 Å². The van der Waals surface area contributed by atoms with Crippen LogP contribution in [0, 0.1) is 0 Å². The molecule has 0 fully saturated rings. The van der Waals surface area contributed by atoms with E-state index in [4.69, 9.17) is 0 Å². The molecule has 0 spiro atoms. The van der Waals surface area contributed by atoms with E-state index < -0.39 is 0 Å². The number of nitrogens with one attached hydrogen (secondary N) is 2. The van der Waals surface area contributed by atoms with Gasteiger partial charge in [-0.15, -0.1) is 0 Å². The minimum atomic E-state index is -0.0661. The van der Waals surface area contributed by atoms with Crippen molar-refractivity contribution < 1.29 is 4.79 Å².